The van der Waals surface area contributed by atoms with Crippen molar-refractivity contribution in [1.82, 2.24) is 0 Å². The molecule has 1 N–H and O–H groups in total. The van der Waals surface area contributed by atoms with Crippen molar-refractivity contribution in [2.24, 2.45) is 0 Å². The van der Waals surface area contributed by atoms with Crippen molar-refractivity contribution in [1.29, 1.82) is 0 Å². The van der Waals surface area contributed by atoms with Gasteiger partial charge in [0.05, 0.1) is 23.5 Å². The summed E-state index contributed by atoms with van der Waals surface area (Å²) in [5, 5.41) is 3.18. The summed E-state index contributed by atoms with van der Waals surface area (Å²) in [6.45, 7) is 3.69. The first-order chi connectivity index (χ1) is 13.2. The van der Waals surface area contributed by atoms with E-state index in [9.17, 15) is 22.8 Å². The first-order valence-corrected chi connectivity index (χ1v) is 8.72. The Kier molecular flexibility index (Phi) is 5.31. The van der Waals surface area contributed by atoms with Crippen molar-refractivity contribution in [3.05, 3.63) is 59.4 Å². The molecule has 28 heavy (non-hydrogen) atoms. The lowest BCUT2D eigenvalue weighted by molar-refractivity contribution is -0.122. The summed E-state index contributed by atoms with van der Waals surface area (Å²) >= 11 is 0. The van der Waals surface area contributed by atoms with Crippen molar-refractivity contribution >= 4 is 23.3 Å². The molecule has 0 fully saturated rings. The van der Waals surface area contributed by atoms with Gasteiger partial charge in [-0.15, -0.1) is 0 Å². The van der Waals surface area contributed by atoms with Gasteiger partial charge in [0.1, 0.15) is 5.54 Å². The van der Waals surface area contributed by atoms with Crippen LogP contribution in [-0.4, -0.2) is 30.6 Å². The van der Waals surface area contributed by atoms with E-state index in [4.69, 9.17) is 4.74 Å². The number of rotatable bonds is 5. The number of esters is 1. The fourth-order valence-electron chi connectivity index (χ4n) is 3.02. The Balaban J connectivity index is 1.63. The van der Waals surface area contributed by atoms with E-state index in [1.165, 1.54) is 0 Å². The summed E-state index contributed by atoms with van der Waals surface area (Å²) in [7, 11) is 0. The van der Waals surface area contributed by atoms with E-state index in [2.05, 4.69) is 5.32 Å². The summed E-state index contributed by atoms with van der Waals surface area (Å²) in [6.07, 6.45) is 0.285. The van der Waals surface area contributed by atoms with Gasteiger partial charge >= 0.3 is 5.97 Å². The van der Waals surface area contributed by atoms with Gasteiger partial charge in [-0.05, 0) is 44.5 Å². The normalized spacial score (nSPS) is 15.0. The third kappa shape index (κ3) is 3.67. The molecule has 0 aliphatic carbocycles. The molecule has 2 aromatic carbocycles. The maximum Gasteiger partial charge on any atom is 0.341 e. The zero-order valence-electron chi connectivity index (χ0n) is 15.4. The lowest BCUT2D eigenvalue weighted by Crippen LogP contribution is -2.54. The zero-order chi connectivity index (χ0) is 20.5. The third-order valence-electron chi connectivity index (χ3n) is 4.44. The molecule has 0 unspecified atom stereocenters. The molecular formula is C20H19F3N2O3. The van der Waals surface area contributed by atoms with Crippen LogP contribution in [0.5, 0.6) is 0 Å². The van der Waals surface area contributed by atoms with Gasteiger partial charge in [-0.25, -0.2) is 18.0 Å². The van der Waals surface area contributed by atoms with E-state index >= 15 is 0 Å². The highest BCUT2D eigenvalue weighted by Crippen LogP contribution is 2.35. The van der Waals surface area contributed by atoms with Gasteiger partial charge in [-0.1, -0.05) is 12.1 Å². The number of hydrogen-bond donors (Lipinski definition) is 1. The van der Waals surface area contributed by atoms with Crippen LogP contribution in [0, 0.1) is 17.5 Å². The molecule has 0 aromatic heterocycles. The lowest BCUT2D eigenvalue weighted by Gasteiger charge is -2.40. The van der Waals surface area contributed by atoms with Crippen molar-refractivity contribution in [3.8, 4) is 0 Å². The molecule has 0 saturated heterocycles. The second kappa shape index (κ2) is 7.53. The minimum absolute atomic E-state index is 0.114. The van der Waals surface area contributed by atoms with Crippen LogP contribution in [0.1, 0.15) is 30.6 Å². The maximum absolute atomic E-state index is 13.6. The number of amides is 1. The van der Waals surface area contributed by atoms with Crippen LogP contribution in [0.2, 0.25) is 0 Å². The lowest BCUT2D eigenvalue weighted by atomic mass is 9.98. The molecule has 0 radical (unpaired) electrons. The average Bonchev–Trinajstić information content (AvgIpc) is 2.65. The van der Waals surface area contributed by atoms with Crippen LogP contribution in [0.3, 0.4) is 0 Å². The Labute approximate surface area is 160 Å². The third-order valence-corrected chi connectivity index (χ3v) is 4.44. The van der Waals surface area contributed by atoms with Gasteiger partial charge in [0.2, 0.25) is 0 Å². The Morgan fingerprint density at radius 2 is 1.82 bits per heavy atom. The quantitative estimate of drug-likeness (QED) is 0.477. The zero-order valence-corrected chi connectivity index (χ0v) is 15.4. The molecule has 0 saturated carbocycles. The molecule has 3 rings (SSSR count). The van der Waals surface area contributed by atoms with E-state index in [0.29, 0.717) is 11.8 Å². The molecule has 1 aliphatic rings. The molecule has 1 heterocycles. The second-order valence-corrected chi connectivity index (χ2v) is 6.94. The number of nitrogens with one attached hydrogen (secondary N) is 1. The van der Waals surface area contributed by atoms with Crippen molar-refractivity contribution < 1.29 is 27.5 Å². The molecule has 0 bridgehead atoms. The van der Waals surface area contributed by atoms with Gasteiger partial charge in [0, 0.05) is 6.54 Å². The number of carbonyl (C=O) groups excluding carboxylic acids is 2. The van der Waals surface area contributed by atoms with Gasteiger partial charge < -0.3 is 15.0 Å². The summed E-state index contributed by atoms with van der Waals surface area (Å²) in [5.74, 6) is -5.92. The van der Waals surface area contributed by atoms with Gasteiger partial charge in [-0.2, -0.15) is 0 Å². The van der Waals surface area contributed by atoms with Crippen LogP contribution in [-0.2, 0) is 9.53 Å². The number of hydrogen-bond acceptors (Lipinski definition) is 4. The molecule has 0 atom stereocenters. The van der Waals surface area contributed by atoms with E-state index in [1.54, 1.807) is 24.8 Å². The molecule has 8 heteroatoms. The highest BCUT2D eigenvalue weighted by Gasteiger charge is 2.38. The Morgan fingerprint density at radius 1 is 1.11 bits per heavy atom. The number of halogens is 3. The molecule has 2 aromatic rings. The molecule has 148 valence electrons. The molecular weight excluding hydrogens is 373 g/mol. The van der Waals surface area contributed by atoms with Gasteiger partial charge in [0.25, 0.3) is 5.91 Å². The number of nitrogens with zero attached hydrogens (tertiary/aromatic N) is 1. The summed E-state index contributed by atoms with van der Waals surface area (Å²) in [5.41, 5.74) is 0.0566. The summed E-state index contributed by atoms with van der Waals surface area (Å²) in [6, 6.07) is 8.82. The number of fused-ring (bicyclic) bond motifs is 1. The van der Waals surface area contributed by atoms with E-state index in [1.807, 2.05) is 18.2 Å². The van der Waals surface area contributed by atoms with Gasteiger partial charge in [-0.3, -0.25) is 4.79 Å². The predicted octanol–water partition coefficient (Wildman–Crippen LogP) is 3.89. The van der Waals surface area contributed by atoms with Gasteiger partial charge in [0.15, 0.2) is 17.5 Å². The number of para-hydroxylation sites is 2. The van der Waals surface area contributed by atoms with Crippen LogP contribution in [0.25, 0.3) is 0 Å². The second-order valence-electron chi connectivity index (χ2n) is 6.94. The molecule has 5 nitrogen and oxygen atoms in total. The number of benzene rings is 2. The first-order valence-electron chi connectivity index (χ1n) is 8.72. The monoisotopic (exact) mass is 392 g/mol. The maximum atomic E-state index is 13.6. The van der Waals surface area contributed by atoms with E-state index in [0.717, 1.165) is 11.8 Å². The fourth-order valence-corrected chi connectivity index (χ4v) is 3.02. The SMILES string of the molecule is CC1(C)Nc2ccccc2N(CCCOC(=O)c2ccc(F)c(F)c2F)C1=O. The topological polar surface area (TPSA) is 58.6 Å². The molecule has 0 spiro atoms. The van der Waals surface area contributed by atoms with E-state index in [-0.39, 0.29) is 25.5 Å². The number of anilines is 2. The minimum Gasteiger partial charge on any atom is -0.462 e. The minimum atomic E-state index is -1.72. The Morgan fingerprint density at radius 3 is 2.57 bits per heavy atom. The highest BCUT2D eigenvalue weighted by molar-refractivity contribution is 6.07. The van der Waals surface area contributed by atoms with Crippen LogP contribution in [0.15, 0.2) is 36.4 Å². The van der Waals surface area contributed by atoms with Crippen LogP contribution < -0.4 is 10.2 Å². The summed E-state index contributed by atoms with van der Waals surface area (Å²) in [4.78, 5) is 26.2. The highest BCUT2D eigenvalue weighted by atomic mass is 19.2. The first kappa shape index (κ1) is 19.7. The van der Waals surface area contributed by atoms with Crippen molar-refractivity contribution in [2.45, 2.75) is 25.8 Å². The summed E-state index contributed by atoms with van der Waals surface area (Å²) < 4.78 is 44.8. The van der Waals surface area contributed by atoms with E-state index < -0.39 is 34.5 Å². The smallest absolute Gasteiger partial charge is 0.341 e. The van der Waals surface area contributed by atoms with Crippen LogP contribution in [0.4, 0.5) is 24.5 Å². The van der Waals surface area contributed by atoms with Crippen molar-refractivity contribution in [3.63, 3.8) is 0 Å². The standard InChI is InChI=1S/C20H19F3N2O3/c1-20(2)19(27)25(15-7-4-3-6-14(15)24-20)10-5-11-28-18(26)12-8-9-13(21)17(23)16(12)22/h3-4,6-9,24H,5,10-11H2,1-2H3. The Bertz CT molecular complexity index is 931. The Hall–Kier alpha value is -3.03. The predicted molar refractivity (Wildman–Crippen MR) is 97.7 cm³/mol. The van der Waals surface area contributed by atoms with Crippen LogP contribution >= 0.6 is 0 Å². The largest absolute Gasteiger partial charge is 0.462 e. The fraction of sp³-hybridized carbons (Fsp3) is 0.300. The number of carbonyl (C=O) groups is 2. The molecule has 1 amide bonds. The average molecular weight is 392 g/mol. The van der Waals surface area contributed by atoms with Crippen molar-refractivity contribution in [2.75, 3.05) is 23.4 Å². The number of ether oxygens (including phenoxy) is 1. The molecule has 1 aliphatic heterocycles.